The van der Waals surface area contributed by atoms with Crippen molar-refractivity contribution in [2.45, 2.75) is 19.5 Å². The van der Waals surface area contributed by atoms with E-state index in [2.05, 4.69) is 0 Å². The van der Waals surface area contributed by atoms with Gasteiger partial charge in [0.15, 0.2) is 4.33 Å². The number of halogens is 7. The number of fused-ring (bicyclic) bond motifs is 5. The van der Waals surface area contributed by atoms with E-state index in [1.807, 2.05) is 12.2 Å². The molecule has 1 saturated carbocycles. The molecule has 1 fully saturated rings. The van der Waals surface area contributed by atoms with Gasteiger partial charge in [0.1, 0.15) is 9.75 Å². The van der Waals surface area contributed by atoms with Crippen LogP contribution in [0.15, 0.2) is 22.2 Å². The van der Waals surface area contributed by atoms with Crippen molar-refractivity contribution in [3.05, 3.63) is 22.2 Å². The summed E-state index contributed by atoms with van der Waals surface area (Å²) in [5, 5.41) is 0.113. The van der Waals surface area contributed by atoms with Gasteiger partial charge in [0, 0.05) is 22.2 Å². The first-order chi connectivity index (χ1) is 9.70. The van der Waals surface area contributed by atoms with E-state index < -0.39 is 24.5 Å². The van der Waals surface area contributed by atoms with E-state index in [1.54, 1.807) is 0 Å². The SMILES string of the molecule is ClC1=C(Cl)C2(Cl)C3C(Cl)C=CC3C1(Cl)C2(Cl)Cl.O.O=S(=O)([O-])[O-].[Mg+2]. The minimum Gasteiger partial charge on any atom is -0.759 e. The molecule has 24 heavy (non-hydrogen) atoms. The van der Waals surface area contributed by atoms with Gasteiger partial charge in [-0.05, 0) is 0 Å². The average Bonchev–Trinajstić information content (AvgIpc) is 2.82. The maximum absolute atomic E-state index is 8.52. The predicted molar refractivity (Wildman–Crippen MR) is 95.9 cm³/mol. The Bertz CT molecular complexity index is 675. The first kappa shape index (κ1) is 26.1. The first-order valence-corrected chi connectivity index (χ1v) is 9.55. The summed E-state index contributed by atoms with van der Waals surface area (Å²) in [6.07, 6.45) is 3.69. The summed E-state index contributed by atoms with van der Waals surface area (Å²) in [6, 6.07) is 0. The maximum atomic E-state index is 8.52. The maximum Gasteiger partial charge on any atom is 2.00 e. The van der Waals surface area contributed by atoms with Gasteiger partial charge in [0.2, 0.25) is 0 Å². The first-order valence-electron chi connectivity index (χ1n) is 5.51. The number of allylic oxidation sites excluding steroid dienone is 4. The van der Waals surface area contributed by atoms with Crippen LogP contribution in [0, 0.1) is 11.8 Å². The Morgan fingerprint density at radius 2 is 1.33 bits per heavy atom. The molecule has 14 heteroatoms. The molecule has 5 unspecified atom stereocenters. The van der Waals surface area contributed by atoms with Crippen LogP contribution in [0.25, 0.3) is 0 Å². The molecule has 0 aliphatic heterocycles. The molecule has 2 N–H and O–H groups in total. The summed E-state index contributed by atoms with van der Waals surface area (Å²) >= 11 is 44.5. The summed E-state index contributed by atoms with van der Waals surface area (Å²) in [7, 11) is -5.17. The van der Waals surface area contributed by atoms with Gasteiger partial charge in [-0.1, -0.05) is 58.6 Å². The summed E-state index contributed by atoms with van der Waals surface area (Å²) in [4.78, 5) is -2.45. The van der Waals surface area contributed by atoms with Crippen LogP contribution in [0.3, 0.4) is 0 Å². The van der Waals surface area contributed by atoms with Crippen molar-refractivity contribution in [3.8, 4) is 0 Å². The van der Waals surface area contributed by atoms with Gasteiger partial charge < -0.3 is 14.6 Å². The second-order valence-corrected chi connectivity index (χ2v) is 9.51. The standard InChI is InChI=1S/C10H5Cl7.Mg.H2O4S.H2O/c11-4-2-1-3-5(4)9(15)7(13)6(12)8(3,14)10(9,16)17;;1-5(2,3)4;/h1-5H;;(H2,1,2,3,4);1H2/q;+2;;/p-2. The monoisotopic (exact) mass is 508 g/mol. The van der Waals surface area contributed by atoms with Gasteiger partial charge in [0.05, 0.1) is 15.4 Å². The molecule has 0 radical (unpaired) electrons. The minimum absolute atomic E-state index is 0. The molecule has 3 aliphatic carbocycles. The molecule has 0 aromatic heterocycles. The Kier molecular flexibility index (Phi) is 8.54. The van der Waals surface area contributed by atoms with E-state index >= 15 is 0 Å². The summed E-state index contributed by atoms with van der Waals surface area (Å²) in [5.41, 5.74) is 0. The molecular formula is C10H7Cl7MgO5S. The molecule has 2 bridgehead atoms. The quantitative estimate of drug-likeness (QED) is 0.164. The van der Waals surface area contributed by atoms with Crippen molar-refractivity contribution in [1.29, 1.82) is 0 Å². The van der Waals surface area contributed by atoms with Crippen LogP contribution in [-0.4, -0.2) is 65.5 Å². The number of hydrogen-bond donors (Lipinski definition) is 0. The normalized spacial score (nSPS) is 41.1. The van der Waals surface area contributed by atoms with E-state index in [-0.39, 0.29) is 55.8 Å². The molecule has 0 aromatic rings. The van der Waals surface area contributed by atoms with Crippen LogP contribution in [0.5, 0.6) is 0 Å². The summed E-state index contributed by atoms with van der Waals surface area (Å²) in [5.74, 6) is -0.470. The fourth-order valence-electron chi connectivity index (χ4n) is 3.08. The number of alkyl halides is 5. The Balaban J connectivity index is 0.000000673. The average molecular weight is 512 g/mol. The van der Waals surface area contributed by atoms with E-state index in [1.165, 1.54) is 0 Å². The Hall–Kier alpha value is 2.11. The third-order valence-corrected chi connectivity index (χ3v) is 8.61. The summed E-state index contributed by atoms with van der Waals surface area (Å²) < 4.78 is 32.6. The number of hydrogen-bond acceptors (Lipinski definition) is 4. The van der Waals surface area contributed by atoms with E-state index in [0.717, 1.165) is 0 Å². The zero-order chi connectivity index (χ0) is 17.3. The second kappa shape index (κ2) is 7.85. The third-order valence-electron chi connectivity index (χ3n) is 3.90. The zero-order valence-electron chi connectivity index (χ0n) is 11.3. The van der Waals surface area contributed by atoms with Crippen molar-refractivity contribution in [3.63, 3.8) is 0 Å². The van der Waals surface area contributed by atoms with Crippen LogP contribution in [-0.2, 0) is 10.4 Å². The Labute approximate surface area is 189 Å². The Morgan fingerprint density at radius 1 is 0.958 bits per heavy atom. The van der Waals surface area contributed by atoms with Gasteiger partial charge in [-0.25, -0.2) is 0 Å². The van der Waals surface area contributed by atoms with Crippen molar-refractivity contribution in [1.82, 2.24) is 0 Å². The molecule has 5 nitrogen and oxygen atoms in total. The van der Waals surface area contributed by atoms with Gasteiger partial charge in [-0.3, -0.25) is 8.42 Å². The van der Waals surface area contributed by atoms with Gasteiger partial charge >= 0.3 is 23.1 Å². The molecule has 0 amide bonds. The molecule has 5 atom stereocenters. The van der Waals surface area contributed by atoms with E-state index in [0.29, 0.717) is 0 Å². The van der Waals surface area contributed by atoms with Crippen molar-refractivity contribution >= 4 is 115 Å². The topological polar surface area (TPSA) is 112 Å². The Morgan fingerprint density at radius 3 is 1.75 bits per heavy atom. The van der Waals surface area contributed by atoms with Crippen LogP contribution in [0.4, 0.5) is 0 Å². The predicted octanol–water partition coefficient (Wildman–Crippen LogP) is 2.70. The van der Waals surface area contributed by atoms with Gasteiger partial charge in [0.25, 0.3) is 0 Å². The molecule has 0 heterocycles. The minimum atomic E-state index is -5.17. The molecule has 134 valence electrons. The van der Waals surface area contributed by atoms with Crippen molar-refractivity contribution in [2.24, 2.45) is 11.8 Å². The van der Waals surface area contributed by atoms with Crippen LogP contribution >= 0.6 is 81.2 Å². The summed E-state index contributed by atoms with van der Waals surface area (Å²) in [6.45, 7) is 0. The fraction of sp³-hybridized carbons (Fsp3) is 0.600. The second-order valence-electron chi connectivity index (χ2n) is 4.92. The third kappa shape index (κ3) is 3.45. The fourth-order valence-corrected chi connectivity index (χ4v) is 6.60. The molecular weight excluding hydrogens is 505 g/mol. The molecule has 0 spiro atoms. The largest absolute Gasteiger partial charge is 2.00 e. The molecule has 3 aliphatic rings. The zero-order valence-corrected chi connectivity index (χ0v) is 18.8. The van der Waals surface area contributed by atoms with E-state index in [4.69, 9.17) is 98.7 Å². The van der Waals surface area contributed by atoms with Crippen LogP contribution < -0.4 is 0 Å². The van der Waals surface area contributed by atoms with Crippen LogP contribution in [0.2, 0.25) is 0 Å². The smallest absolute Gasteiger partial charge is 0.759 e. The van der Waals surface area contributed by atoms with E-state index in [9.17, 15) is 0 Å². The van der Waals surface area contributed by atoms with Gasteiger partial charge in [-0.2, -0.15) is 0 Å². The number of rotatable bonds is 0. The van der Waals surface area contributed by atoms with Crippen LogP contribution in [0.1, 0.15) is 0 Å². The molecule has 3 rings (SSSR count). The molecule has 0 aromatic carbocycles. The molecule has 0 saturated heterocycles. The van der Waals surface area contributed by atoms with Gasteiger partial charge in [-0.15, -0.1) is 34.8 Å². The van der Waals surface area contributed by atoms with Crippen molar-refractivity contribution < 1.29 is 23.0 Å². The van der Waals surface area contributed by atoms with Crippen molar-refractivity contribution in [2.75, 3.05) is 0 Å².